The Morgan fingerprint density at radius 1 is 0.333 bits per heavy atom. The van der Waals surface area contributed by atoms with E-state index in [-0.39, 0.29) is 5.41 Å². The first-order valence-corrected chi connectivity index (χ1v) is 21.2. The molecule has 3 aliphatic carbocycles. The number of fused-ring (bicyclic) bond motifs is 13. The molecule has 0 amide bonds. The second-order valence-corrected chi connectivity index (χ2v) is 17.3. The number of hydrogen-bond acceptors (Lipinski definition) is 1. The van der Waals surface area contributed by atoms with Crippen molar-refractivity contribution in [3.63, 3.8) is 0 Å². The predicted octanol–water partition coefficient (Wildman–Crippen LogP) is 15.4. The molecular formula is C59H43N. The van der Waals surface area contributed by atoms with E-state index in [1.165, 1.54) is 94.6 Å². The van der Waals surface area contributed by atoms with E-state index >= 15 is 0 Å². The Balaban J connectivity index is 1.17. The standard InChI is InChI=1S/C59H43N/c1-38-29-32-47-45-22-11-14-26-52(45)59(54(47)35-38)53-27-16-24-44(40-19-8-5-9-20-40)57(53)48-33-30-42(37-55(48)59)60(56-28-15-12-21-43(56)39-17-6-4-7-18-39)41-31-34-51-49(36-41)46-23-10-13-25-50(46)58(51,2)3/h4-37H,1-3H3. The lowest BCUT2D eigenvalue weighted by molar-refractivity contribution is 0.660. The van der Waals surface area contributed by atoms with Crippen LogP contribution in [0.15, 0.2) is 206 Å². The van der Waals surface area contributed by atoms with Gasteiger partial charge in [-0.2, -0.15) is 0 Å². The second kappa shape index (κ2) is 12.9. The van der Waals surface area contributed by atoms with Crippen LogP contribution in [-0.2, 0) is 10.8 Å². The fourth-order valence-electron chi connectivity index (χ4n) is 11.1. The molecule has 0 radical (unpaired) electrons. The molecule has 0 N–H and O–H groups in total. The molecule has 0 aromatic heterocycles. The van der Waals surface area contributed by atoms with E-state index in [0.717, 1.165) is 17.1 Å². The SMILES string of the molecule is Cc1ccc2c(c1)C1(c3ccccc3-2)c2cc(N(c3ccc4c(c3)-c3ccccc3C4(C)C)c3ccccc3-c3ccccc3)ccc2-c2c(-c3ccccc3)cccc21. The quantitative estimate of drug-likeness (QED) is 0.169. The van der Waals surface area contributed by atoms with E-state index in [1.54, 1.807) is 0 Å². The first-order chi connectivity index (χ1) is 29.4. The third kappa shape index (κ3) is 4.75. The van der Waals surface area contributed by atoms with Gasteiger partial charge >= 0.3 is 0 Å². The molecule has 1 atom stereocenters. The molecule has 3 aliphatic rings. The van der Waals surface area contributed by atoms with Crippen molar-refractivity contribution >= 4 is 17.1 Å². The van der Waals surface area contributed by atoms with Crippen LogP contribution in [0.25, 0.3) is 55.6 Å². The molecule has 0 aliphatic heterocycles. The van der Waals surface area contributed by atoms with Gasteiger partial charge in [0.15, 0.2) is 0 Å². The highest BCUT2D eigenvalue weighted by atomic mass is 15.1. The summed E-state index contributed by atoms with van der Waals surface area (Å²) in [6.07, 6.45) is 0. The molecule has 1 nitrogen and oxygen atoms in total. The fraction of sp³-hybridized carbons (Fsp3) is 0.0847. The zero-order valence-electron chi connectivity index (χ0n) is 34.1. The molecule has 12 rings (SSSR count). The highest BCUT2D eigenvalue weighted by molar-refractivity contribution is 6.01. The number of hydrogen-bond donors (Lipinski definition) is 0. The van der Waals surface area contributed by atoms with Crippen LogP contribution in [0.5, 0.6) is 0 Å². The Bertz CT molecular complexity index is 3190. The minimum absolute atomic E-state index is 0.0825. The molecule has 9 aromatic carbocycles. The Hall–Kier alpha value is -7.22. The van der Waals surface area contributed by atoms with Crippen molar-refractivity contribution in [3.8, 4) is 55.6 Å². The molecule has 0 heterocycles. The Kier molecular flexibility index (Phi) is 7.47. The molecule has 1 unspecified atom stereocenters. The fourth-order valence-corrected chi connectivity index (χ4v) is 11.1. The molecular weight excluding hydrogens is 723 g/mol. The van der Waals surface area contributed by atoms with Crippen LogP contribution in [-0.4, -0.2) is 0 Å². The van der Waals surface area contributed by atoms with Crippen molar-refractivity contribution in [2.24, 2.45) is 0 Å². The Morgan fingerprint density at radius 2 is 0.850 bits per heavy atom. The number of anilines is 3. The number of nitrogens with zero attached hydrogens (tertiary/aromatic N) is 1. The van der Waals surface area contributed by atoms with Gasteiger partial charge in [-0.3, -0.25) is 0 Å². The second-order valence-electron chi connectivity index (χ2n) is 17.3. The van der Waals surface area contributed by atoms with Crippen molar-refractivity contribution in [1.82, 2.24) is 0 Å². The summed E-state index contributed by atoms with van der Waals surface area (Å²) < 4.78 is 0. The Morgan fingerprint density at radius 3 is 1.62 bits per heavy atom. The summed E-state index contributed by atoms with van der Waals surface area (Å²) in [5, 5.41) is 0. The van der Waals surface area contributed by atoms with Gasteiger partial charge in [-0.1, -0.05) is 195 Å². The number of rotatable bonds is 5. The molecule has 0 fully saturated rings. The molecule has 1 spiro atoms. The van der Waals surface area contributed by atoms with Crippen molar-refractivity contribution < 1.29 is 0 Å². The highest BCUT2D eigenvalue weighted by Gasteiger charge is 2.52. The molecule has 1 heteroatoms. The van der Waals surface area contributed by atoms with Crippen molar-refractivity contribution in [3.05, 3.63) is 245 Å². The van der Waals surface area contributed by atoms with E-state index in [0.29, 0.717) is 0 Å². The van der Waals surface area contributed by atoms with E-state index in [9.17, 15) is 0 Å². The number of aryl methyl sites for hydroxylation is 1. The average Bonchev–Trinajstić information content (AvgIpc) is 3.85. The zero-order valence-corrected chi connectivity index (χ0v) is 34.1. The van der Waals surface area contributed by atoms with Crippen LogP contribution in [0.2, 0.25) is 0 Å². The van der Waals surface area contributed by atoms with Crippen LogP contribution >= 0.6 is 0 Å². The first-order valence-electron chi connectivity index (χ1n) is 21.2. The third-order valence-corrected chi connectivity index (χ3v) is 13.7. The van der Waals surface area contributed by atoms with Gasteiger partial charge in [0.1, 0.15) is 0 Å². The number of para-hydroxylation sites is 1. The summed E-state index contributed by atoms with van der Waals surface area (Å²) in [5.41, 5.74) is 25.0. The maximum Gasteiger partial charge on any atom is 0.0726 e. The zero-order chi connectivity index (χ0) is 40.2. The summed E-state index contributed by atoms with van der Waals surface area (Å²) in [6, 6.07) is 77.4. The lowest BCUT2D eigenvalue weighted by atomic mass is 9.70. The minimum atomic E-state index is -0.505. The maximum atomic E-state index is 2.53. The number of benzene rings is 9. The van der Waals surface area contributed by atoms with Crippen molar-refractivity contribution in [2.75, 3.05) is 4.90 Å². The van der Waals surface area contributed by atoms with Gasteiger partial charge < -0.3 is 4.90 Å². The molecule has 0 bridgehead atoms. The molecule has 284 valence electrons. The van der Waals surface area contributed by atoms with Gasteiger partial charge in [0.05, 0.1) is 11.1 Å². The van der Waals surface area contributed by atoms with E-state index in [1.807, 2.05) is 0 Å². The highest BCUT2D eigenvalue weighted by Crippen LogP contribution is 2.65. The van der Waals surface area contributed by atoms with Crippen LogP contribution in [0.4, 0.5) is 17.1 Å². The monoisotopic (exact) mass is 765 g/mol. The van der Waals surface area contributed by atoms with Crippen LogP contribution in [0.3, 0.4) is 0 Å². The first kappa shape index (κ1) is 34.8. The summed E-state index contributed by atoms with van der Waals surface area (Å²) in [6.45, 7) is 6.96. The van der Waals surface area contributed by atoms with E-state index < -0.39 is 5.41 Å². The predicted molar refractivity (Wildman–Crippen MR) is 251 cm³/mol. The molecule has 60 heavy (non-hydrogen) atoms. The van der Waals surface area contributed by atoms with Crippen molar-refractivity contribution in [1.29, 1.82) is 0 Å². The van der Waals surface area contributed by atoms with Gasteiger partial charge in [0.2, 0.25) is 0 Å². The normalized spacial score (nSPS) is 15.8. The van der Waals surface area contributed by atoms with Crippen molar-refractivity contribution in [2.45, 2.75) is 31.6 Å². The van der Waals surface area contributed by atoms with Gasteiger partial charge in [0, 0.05) is 22.4 Å². The molecule has 0 saturated heterocycles. The van der Waals surface area contributed by atoms with Gasteiger partial charge in [-0.25, -0.2) is 0 Å². The topological polar surface area (TPSA) is 3.24 Å². The minimum Gasteiger partial charge on any atom is -0.310 e. The third-order valence-electron chi connectivity index (χ3n) is 13.7. The van der Waals surface area contributed by atoms with Gasteiger partial charge in [-0.05, 0) is 121 Å². The Labute approximate surface area is 352 Å². The van der Waals surface area contributed by atoms with E-state index in [4.69, 9.17) is 0 Å². The summed E-state index contributed by atoms with van der Waals surface area (Å²) in [4.78, 5) is 2.52. The molecule has 0 saturated carbocycles. The summed E-state index contributed by atoms with van der Waals surface area (Å²) >= 11 is 0. The average molecular weight is 766 g/mol. The summed E-state index contributed by atoms with van der Waals surface area (Å²) in [5.74, 6) is 0. The maximum absolute atomic E-state index is 2.53. The van der Waals surface area contributed by atoms with Crippen LogP contribution < -0.4 is 4.90 Å². The lowest BCUT2D eigenvalue weighted by Gasteiger charge is -2.33. The van der Waals surface area contributed by atoms with Crippen LogP contribution in [0, 0.1) is 6.92 Å². The van der Waals surface area contributed by atoms with Gasteiger partial charge in [0.25, 0.3) is 0 Å². The largest absolute Gasteiger partial charge is 0.310 e. The van der Waals surface area contributed by atoms with E-state index in [2.05, 4.69) is 232 Å². The van der Waals surface area contributed by atoms with Crippen LogP contribution in [0.1, 0.15) is 52.8 Å². The lowest BCUT2D eigenvalue weighted by Crippen LogP contribution is -2.26. The molecule has 9 aromatic rings. The summed E-state index contributed by atoms with van der Waals surface area (Å²) in [7, 11) is 0. The van der Waals surface area contributed by atoms with Gasteiger partial charge in [-0.15, -0.1) is 0 Å². The smallest absolute Gasteiger partial charge is 0.0726 e.